The Morgan fingerprint density at radius 2 is 1.94 bits per heavy atom. The second-order valence-corrected chi connectivity index (χ2v) is 4.17. The summed E-state index contributed by atoms with van der Waals surface area (Å²) in [5.41, 5.74) is 9.52. The van der Waals surface area contributed by atoms with Gasteiger partial charge in [0.15, 0.2) is 0 Å². The number of nitrogens with one attached hydrogen (secondary N) is 1. The van der Waals surface area contributed by atoms with E-state index in [-0.39, 0.29) is 11.3 Å². The number of primary amides is 1. The maximum absolute atomic E-state index is 12.8. The third-order valence-corrected chi connectivity index (χ3v) is 2.30. The second-order valence-electron chi connectivity index (χ2n) is 4.17. The molecule has 0 bridgehead atoms. The molecule has 5 N–H and O–H groups in total. The first kappa shape index (κ1) is 13.0. The Kier molecular flexibility index (Phi) is 3.36. The molecule has 0 radical (unpaired) electrons. The lowest BCUT2D eigenvalue weighted by atomic mass is 10.0. The van der Waals surface area contributed by atoms with Gasteiger partial charge in [0.25, 0.3) is 5.91 Å². The highest BCUT2D eigenvalue weighted by atomic mass is 19.1. The summed E-state index contributed by atoms with van der Waals surface area (Å²) in [5, 5.41) is 2.42. The summed E-state index contributed by atoms with van der Waals surface area (Å²) in [6, 6.07) is 3.39. The predicted octanol–water partition coefficient (Wildman–Crippen LogP) is 0.402. The average molecular weight is 239 g/mol. The first-order valence-electron chi connectivity index (χ1n) is 4.91. The van der Waals surface area contributed by atoms with Crippen LogP contribution in [0.25, 0.3) is 0 Å². The molecule has 0 heterocycles. The van der Waals surface area contributed by atoms with Crippen molar-refractivity contribution in [3.63, 3.8) is 0 Å². The van der Waals surface area contributed by atoms with Crippen molar-refractivity contribution in [2.24, 2.45) is 5.73 Å². The normalized spacial score (nSPS) is 11.0. The summed E-state index contributed by atoms with van der Waals surface area (Å²) in [7, 11) is 0. The number of amides is 2. The summed E-state index contributed by atoms with van der Waals surface area (Å²) in [6.07, 6.45) is 0. The van der Waals surface area contributed by atoms with Crippen molar-refractivity contribution >= 4 is 17.5 Å². The number of hydrogen-bond acceptors (Lipinski definition) is 3. The minimum Gasteiger partial charge on any atom is -0.398 e. The Morgan fingerprint density at radius 1 is 1.35 bits per heavy atom. The SMILES string of the molecule is CC(C)(NC(=O)c1ccc(F)cc1N)C(N)=O. The number of nitrogen functional groups attached to an aromatic ring is 1. The third-order valence-electron chi connectivity index (χ3n) is 2.30. The molecule has 0 atom stereocenters. The lowest BCUT2D eigenvalue weighted by Crippen LogP contribution is -2.53. The van der Waals surface area contributed by atoms with E-state index in [1.807, 2.05) is 0 Å². The second kappa shape index (κ2) is 4.40. The summed E-state index contributed by atoms with van der Waals surface area (Å²) >= 11 is 0. The van der Waals surface area contributed by atoms with Crippen molar-refractivity contribution in [3.05, 3.63) is 29.6 Å². The van der Waals surface area contributed by atoms with Crippen LogP contribution in [0.2, 0.25) is 0 Å². The van der Waals surface area contributed by atoms with E-state index in [0.29, 0.717) is 0 Å². The van der Waals surface area contributed by atoms with E-state index in [9.17, 15) is 14.0 Å². The molecule has 1 aromatic rings. The smallest absolute Gasteiger partial charge is 0.254 e. The monoisotopic (exact) mass is 239 g/mol. The van der Waals surface area contributed by atoms with Crippen molar-refractivity contribution in [1.29, 1.82) is 0 Å². The van der Waals surface area contributed by atoms with Crippen LogP contribution in [-0.2, 0) is 4.79 Å². The molecule has 5 nitrogen and oxygen atoms in total. The van der Waals surface area contributed by atoms with Gasteiger partial charge < -0.3 is 16.8 Å². The maximum Gasteiger partial charge on any atom is 0.254 e. The van der Waals surface area contributed by atoms with Gasteiger partial charge in [-0.1, -0.05) is 0 Å². The van der Waals surface area contributed by atoms with E-state index >= 15 is 0 Å². The molecule has 6 heteroatoms. The van der Waals surface area contributed by atoms with Crippen LogP contribution in [0.4, 0.5) is 10.1 Å². The van der Waals surface area contributed by atoms with Crippen LogP contribution in [0.3, 0.4) is 0 Å². The van der Waals surface area contributed by atoms with Gasteiger partial charge in [-0.3, -0.25) is 9.59 Å². The summed E-state index contributed by atoms with van der Waals surface area (Å²) in [6.45, 7) is 2.93. The van der Waals surface area contributed by atoms with Gasteiger partial charge in [-0.15, -0.1) is 0 Å². The van der Waals surface area contributed by atoms with E-state index < -0.39 is 23.2 Å². The van der Waals surface area contributed by atoms with Crippen LogP contribution in [0.15, 0.2) is 18.2 Å². The van der Waals surface area contributed by atoms with Crippen molar-refractivity contribution < 1.29 is 14.0 Å². The Balaban J connectivity index is 2.95. The molecule has 0 aromatic heterocycles. The molecular formula is C11H14FN3O2. The van der Waals surface area contributed by atoms with Crippen LogP contribution in [0.5, 0.6) is 0 Å². The molecule has 92 valence electrons. The largest absolute Gasteiger partial charge is 0.398 e. The number of rotatable bonds is 3. The third kappa shape index (κ3) is 2.93. The number of halogens is 1. The Morgan fingerprint density at radius 3 is 2.41 bits per heavy atom. The molecule has 0 saturated heterocycles. The Labute approximate surface area is 98.0 Å². The predicted molar refractivity (Wildman–Crippen MR) is 61.6 cm³/mol. The molecule has 1 rings (SSSR count). The fraction of sp³-hybridized carbons (Fsp3) is 0.273. The molecule has 0 aliphatic heterocycles. The molecule has 17 heavy (non-hydrogen) atoms. The van der Waals surface area contributed by atoms with Crippen molar-refractivity contribution in [2.45, 2.75) is 19.4 Å². The molecule has 0 unspecified atom stereocenters. The van der Waals surface area contributed by atoms with Gasteiger partial charge in [-0.2, -0.15) is 0 Å². The zero-order valence-corrected chi connectivity index (χ0v) is 9.58. The molecule has 1 aromatic carbocycles. The number of benzene rings is 1. The highest BCUT2D eigenvalue weighted by Crippen LogP contribution is 2.14. The quantitative estimate of drug-likeness (QED) is 0.666. The van der Waals surface area contributed by atoms with E-state index in [1.54, 1.807) is 0 Å². The topological polar surface area (TPSA) is 98.2 Å². The summed E-state index contributed by atoms with van der Waals surface area (Å²) in [4.78, 5) is 22.8. The number of nitrogens with two attached hydrogens (primary N) is 2. The summed E-state index contributed by atoms with van der Waals surface area (Å²) in [5.74, 6) is -1.79. The van der Waals surface area contributed by atoms with Crippen molar-refractivity contribution in [2.75, 3.05) is 5.73 Å². The lowest BCUT2D eigenvalue weighted by molar-refractivity contribution is -0.122. The van der Waals surface area contributed by atoms with Gasteiger partial charge >= 0.3 is 0 Å². The first-order chi connectivity index (χ1) is 7.74. The standard InChI is InChI=1S/C11H14FN3O2/c1-11(2,10(14)17)15-9(16)7-4-3-6(12)5-8(7)13/h3-5H,13H2,1-2H3,(H2,14,17)(H,15,16). The highest BCUT2D eigenvalue weighted by molar-refractivity contribution is 6.02. The van der Waals surface area contributed by atoms with E-state index in [4.69, 9.17) is 11.5 Å². The summed E-state index contributed by atoms with van der Waals surface area (Å²) < 4.78 is 12.8. The number of carbonyl (C=O) groups excluding carboxylic acids is 2. The highest BCUT2D eigenvalue weighted by Gasteiger charge is 2.27. The fourth-order valence-corrected chi connectivity index (χ4v) is 1.15. The minimum absolute atomic E-state index is 0.00257. The fourth-order valence-electron chi connectivity index (χ4n) is 1.15. The maximum atomic E-state index is 12.8. The van der Waals surface area contributed by atoms with Crippen LogP contribution >= 0.6 is 0 Å². The van der Waals surface area contributed by atoms with Gasteiger partial charge in [0.05, 0.1) is 5.56 Å². The van der Waals surface area contributed by atoms with E-state index in [0.717, 1.165) is 12.1 Å². The number of hydrogen-bond donors (Lipinski definition) is 3. The van der Waals surface area contributed by atoms with E-state index in [2.05, 4.69) is 5.32 Å². The van der Waals surface area contributed by atoms with Crippen LogP contribution in [0, 0.1) is 5.82 Å². The number of carbonyl (C=O) groups is 2. The molecule has 0 aliphatic carbocycles. The Bertz CT molecular complexity index is 472. The minimum atomic E-state index is -1.20. The first-order valence-corrected chi connectivity index (χ1v) is 4.91. The van der Waals surface area contributed by atoms with Crippen molar-refractivity contribution in [1.82, 2.24) is 5.32 Å². The van der Waals surface area contributed by atoms with Gasteiger partial charge in [-0.25, -0.2) is 4.39 Å². The molecule has 0 fully saturated rings. The Hall–Kier alpha value is -2.11. The molecule has 0 saturated carbocycles. The van der Waals surface area contributed by atoms with Gasteiger partial charge in [0, 0.05) is 5.69 Å². The van der Waals surface area contributed by atoms with Crippen molar-refractivity contribution in [3.8, 4) is 0 Å². The lowest BCUT2D eigenvalue weighted by Gasteiger charge is -2.22. The molecule has 0 spiro atoms. The van der Waals surface area contributed by atoms with Crippen LogP contribution in [0.1, 0.15) is 24.2 Å². The average Bonchev–Trinajstić information content (AvgIpc) is 2.15. The molecule has 0 aliphatic rings. The van der Waals surface area contributed by atoms with Gasteiger partial charge in [-0.05, 0) is 32.0 Å². The van der Waals surface area contributed by atoms with Gasteiger partial charge in [0.2, 0.25) is 5.91 Å². The number of anilines is 1. The van der Waals surface area contributed by atoms with E-state index in [1.165, 1.54) is 19.9 Å². The molecular weight excluding hydrogens is 225 g/mol. The van der Waals surface area contributed by atoms with Crippen LogP contribution in [-0.4, -0.2) is 17.4 Å². The van der Waals surface area contributed by atoms with Crippen LogP contribution < -0.4 is 16.8 Å². The molecule has 2 amide bonds. The zero-order chi connectivity index (χ0) is 13.2. The zero-order valence-electron chi connectivity index (χ0n) is 9.58. The van der Waals surface area contributed by atoms with Gasteiger partial charge in [0.1, 0.15) is 11.4 Å².